The van der Waals surface area contributed by atoms with Crippen LogP contribution in [0.1, 0.15) is 18.5 Å². The number of H-pyrrole nitrogens is 1. The molecule has 3 rings (SSSR count). The van der Waals surface area contributed by atoms with E-state index in [0.29, 0.717) is 5.92 Å². The first-order chi connectivity index (χ1) is 10.2. The van der Waals surface area contributed by atoms with Crippen LogP contribution in [0.3, 0.4) is 0 Å². The maximum atomic E-state index is 10.7. The largest absolute Gasteiger partial charge is 0.372 e. The summed E-state index contributed by atoms with van der Waals surface area (Å²) < 4.78 is 0. The molecule has 0 unspecified atom stereocenters. The number of benzene rings is 1. The van der Waals surface area contributed by atoms with Crippen LogP contribution < -0.4 is 4.90 Å². The van der Waals surface area contributed by atoms with Crippen LogP contribution in [0.25, 0.3) is 0 Å². The molecule has 21 heavy (non-hydrogen) atoms. The summed E-state index contributed by atoms with van der Waals surface area (Å²) >= 11 is 0. The number of nitro groups is 1. The molecule has 1 aromatic carbocycles. The van der Waals surface area contributed by atoms with E-state index in [0.717, 1.165) is 38.0 Å². The van der Waals surface area contributed by atoms with Crippen molar-refractivity contribution in [3.8, 4) is 0 Å². The summed E-state index contributed by atoms with van der Waals surface area (Å²) in [7, 11) is 0. The molecule has 2 aromatic rings. The maximum Gasteiger partial charge on any atom is 0.269 e. The third kappa shape index (κ3) is 3.21. The Kier molecular flexibility index (Phi) is 3.85. The fourth-order valence-electron chi connectivity index (χ4n) is 2.89. The third-order valence-corrected chi connectivity index (χ3v) is 4.10. The van der Waals surface area contributed by atoms with E-state index in [4.69, 9.17) is 0 Å². The molecule has 0 radical (unpaired) electrons. The van der Waals surface area contributed by atoms with E-state index in [2.05, 4.69) is 14.9 Å². The van der Waals surface area contributed by atoms with Gasteiger partial charge >= 0.3 is 0 Å². The van der Waals surface area contributed by atoms with Crippen LogP contribution in [0.5, 0.6) is 0 Å². The molecule has 6 nitrogen and oxygen atoms in total. The molecular weight excluding hydrogens is 268 g/mol. The fraction of sp³-hybridized carbons (Fsp3) is 0.400. The second-order valence-corrected chi connectivity index (χ2v) is 5.48. The van der Waals surface area contributed by atoms with Crippen molar-refractivity contribution in [1.29, 1.82) is 0 Å². The maximum absolute atomic E-state index is 10.7. The van der Waals surface area contributed by atoms with Crippen LogP contribution in [0.15, 0.2) is 36.8 Å². The molecule has 2 heterocycles. The number of hydrogen-bond acceptors (Lipinski definition) is 4. The van der Waals surface area contributed by atoms with Gasteiger partial charge in [-0.2, -0.15) is 0 Å². The number of aromatic nitrogens is 2. The fourth-order valence-corrected chi connectivity index (χ4v) is 2.89. The number of non-ortho nitro benzene ring substituents is 1. The summed E-state index contributed by atoms with van der Waals surface area (Å²) in [6, 6.07) is 6.83. The van der Waals surface area contributed by atoms with Gasteiger partial charge in [-0.15, -0.1) is 0 Å². The molecule has 1 aliphatic rings. The molecule has 1 aromatic heterocycles. The zero-order valence-electron chi connectivity index (χ0n) is 11.7. The average Bonchev–Trinajstić information content (AvgIpc) is 3.01. The van der Waals surface area contributed by atoms with Crippen molar-refractivity contribution in [3.63, 3.8) is 0 Å². The highest BCUT2D eigenvalue weighted by Crippen LogP contribution is 2.26. The minimum absolute atomic E-state index is 0.146. The molecule has 0 saturated carbocycles. The van der Waals surface area contributed by atoms with Gasteiger partial charge in [-0.3, -0.25) is 10.1 Å². The standard InChI is InChI=1S/C15H18N4O2/c20-19(21)15-3-1-14(2-4-15)18-7-5-12(6-8-18)9-13-10-16-11-17-13/h1-4,10-12H,5-9H2,(H,16,17). The van der Waals surface area contributed by atoms with Gasteiger partial charge in [0.15, 0.2) is 0 Å². The number of piperidine rings is 1. The van der Waals surface area contributed by atoms with Crippen LogP contribution in [-0.4, -0.2) is 28.0 Å². The number of imidazole rings is 1. The van der Waals surface area contributed by atoms with Crippen molar-refractivity contribution in [2.45, 2.75) is 19.3 Å². The van der Waals surface area contributed by atoms with Crippen LogP contribution in [0.2, 0.25) is 0 Å². The van der Waals surface area contributed by atoms with Gasteiger partial charge in [0.2, 0.25) is 0 Å². The highest BCUT2D eigenvalue weighted by atomic mass is 16.6. The topological polar surface area (TPSA) is 75.1 Å². The van der Waals surface area contributed by atoms with Gasteiger partial charge < -0.3 is 9.88 Å². The lowest BCUT2D eigenvalue weighted by atomic mass is 9.92. The molecule has 1 saturated heterocycles. The number of nitrogens with one attached hydrogen (secondary N) is 1. The van der Waals surface area contributed by atoms with Crippen LogP contribution in [0.4, 0.5) is 11.4 Å². The lowest BCUT2D eigenvalue weighted by Gasteiger charge is -2.33. The predicted octanol–water partition coefficient (Wildman–Crippen LogP) is 2.78. The molecule has 0 spiro atoms. The predicted molar refractivity (Wildman–Crippen MR) is 80.3 cm³/mol. The van der Waals surface area contributed by atoms with Gasteiger partial charge in [0.25, 0.3) is 5.69 Å². The normalized spacial score (nSPS) is 16.1. The van der Waals surface area contributed by atoms with Crippen LogP contribution in [0, 0.1) is 16.0 Å². The minimum Gasteiger partial charge on any atom is -0.372 e. The Hall–Kier alpha value is -2.37. The van der Waals surface area contributed by atoms with E-state index in [1.807, 2.05) is 18.3 Å². The first-order valence-electron chi connectivity index (χ1n) is 7.19. The Balaban J connectivity index is 1.56. The second-order valence-electron chi connectivity index (χ2n) is 5.48. The number of hydrogen-bond donors (Lipinski definition) is 1. The van der Waals surface area contributed by atoms with E-state index < -0.39 is 0 Å². The number of aromatic amines is 1. The zero-order valence-corrected chi connectivity index (χ0v) is 11.7. The Morgan fingerprint density at radius 3 is 2.57 bits per heavy atom. The van der Waals surface area contributed by atoms with Gasteiger partial charge in [-0.05, 0) is 37.3 Å². The van der Waals surface area contributed by atoms with Crippen molar-refractivity contribution >= 4 is 11.4 Å². The van der Waals surface area contributed by atoms with Gasteiger partial charge in [-0.25, -0.2) is 4.98 Å². The van der Waals surface area contributed by atoms with E-state index in [9.17, 15) is 10.1 Å². The molecule has 0 aliphatic carbocycles. The first kappa shape index (κ1) is 13.6. The van der Waals surface area contributed by atoms with Crippen molar-refractivity contribution in [1.82, 2.24) is 9.97 Å². The van der Waals surface area contributed by atoms with E-state index >= 15 is 0 Å². The minimum atomic E-state index is -0.361. The second kappa shape index (κ2) is 5.95. The Labute approximate surface area is 123 Å². The van der Waals surface area contributed by atoms with Crippen molar-refractivity contribution in [3.05, 3.63) is 52.6 Å². The Bertz CT molecular complexity index is 587. The van der Waals surface area contributed by atoms with Crippen LogP contribution in [-0.2, 0) is 6.42 Å². The molecule has 1 fully saturated rings. The van der Waals surface area contributed by atoms with Crippen molar-refractivity contribution < 1.29 is 4.92 Å². The Morgan fingerprint density at radius 2 is 2.00 bits per heavy atom. The van der Waals surface area contributed by atoms with Crippen molar-refractivity contribution in [2.75, 3.05) is 18.0 Å². The van der Waals surface area contributed by atoms with E-state index in [1.165, 1.54) is 5.69 Å². The lowest BCUT2D eigenvalue weighted by molar-refractivity contribution is -0.384. The third-order valence-electron chi connectivity index (χ3n) is 4.10. The SMILES string of the molecule is O=[N+]([O-])c1ccc(N2CCC(Cc3cnc[nH]3)CC2)cc1. The molecule has 1 aliphatic heterocycles. The highest BCUT2D eigenvalue weighted by molar-refractivity contribution is 5.51. The smallest absolute Gasteiger partial charge is 0.269 e. The first-order valence-corrected chi connectivity index (χ1v) is 7.19. The average molecular weight is 286 g/mol. The molecule has 0 bridgehead atoms. The number of nitro benzene ring substituents is 1. The molecular formula is C15H18N4O2. The van der Waals surface area contributed by atoms with E-state index in [1.54, 1.807) is 18.5 Å². The summed E-state index contributed by atoms with van der Waals surface area (Å²) in [5.74, 6) is 0.680. The van der Waals surface area contributed by atoms with Gasteiger partial charge in [0, 0.05) is 42.8 Å². The number of nitrogens with zero attached hydrogens (tertiary/aromatic N) is 3. The summed E-state index contributed by atoms with van der Waals surface area (Å²) in [6.45, 7) is 1.99. The summed E-state index contributed by atoms with van der Waals surface area (Å²) in [6.07, 6.45) is 6.93. The summed E-state index contributed by atoms with van der Waals surface area (Å²) in [5, 5.41) is 10.7. The Morgan fingerprint density at radius 1 is 1.29 bits per heavy atom. The molecule has 1 N–H and O–H groups in total. The number of rotatable bonds is 4. The molecule has 6 heteroatoms. The lowest BCUT2D eigenvalue weighted by Crippen LogP contribution is -2.34. The molecule has 110 valence electrons. The quantitative estimate of drug-likeness (QED) is 0.692. The zero-order chi connectivity index (χ0) is 14.7. The van der Waals surface area contributed by atoms with Crippen molar-refractivity contribution in [2.24, 2.45) is 5.92 Å². The van der Waals surface area contributed by atoms with Crippen LogP contribution >= 0.6 is 0 Å². The van der Waals surface area contributed by atoms with E-state index in [-0.39, 0.29) is 10.6 Å². The number of anilines is 1. The summed E-state index contributed by atoms with van der Waals surface area (Å²) in [5.41, 5.74) is 2.41. The summed E-state index contributed by atoms with van der Waals surface area (Å²) in [4.78, 5) is 19.8. The van der Waals surface area contributed by atoms with Gasteiger partial charge in [-0.1, -0.05) is 0 Å². The molecule has 0 atom stereocenters. The van der Waals surface area contributed by atoms with Gasteiger partial charge in [0.1, 0.15) is 0 Å². The molecule has 0 amide bonds. The highest BCUT2D eigenvalue weighted by Gasteiger charge is 2.20. The van der Waals surface area contributed by atoms with Gasteiger partial charge in [0.05, 0.1) is 11.3 Å². The monoisotopic (exact) mass is 286 g/mol.